The second-order valence-electron chi connectivity index (χ2n) is 9.11. The molecule has 0 bridgehead atoms. The number of nitrogens with zero attached hydrogens (tertiary/aromatic N) is 1. The Morgan fingerprint density at radius 3 is 2.00 bits per heavy atom. The van der Waals surface area contributed by atoms with Crippen LogP contribution in [0.3, 0.4) is 0 Å². The van der Waals surface area contributed by atoms with Crippen molar-refractivity contribution in [2.45, 2.75) is 20.1 Å². The maximum atomic E-state index is 12.4. The van der Waals surface area contributed by atoms with E-state index in [1.54, 1.807) is 6.07 Å². The molecule has 0 aliphatic rings. The van der Waals surface area contributed by atoms with Gasteiger partial charge in [-0.15, -0.1) is 0 Å². The van der Waals surface area contributed by atoms with Crippen molar-refractivity contribution >= 4 is 18.1 Å². The van der Waals surface area contributed by atoms with E-state index in [1.165, 1.54) is 0 Å². The molecule has 0 fully saturated rings. The number of amides is 1. The van der Waals surface area contributed by atoms with E-state index in [2.05, 4.69) is 10.5 Å². The first-order valence-corrected chi connectivity index (χ1v) is 13.2. The maximum absolute atomic E-state index is 12.4. The first-order chi connectivity index (χ1) is 19.7. The molecule has 0 spiro atoms. The highest BCUT2D eigenvalue weighted by Crippen LogP contribution is 2.38. The topological polar surface area (TPSA) is 73.6 Å². The SMILES string of the molecule is CCNC(=O)c1cc(-c2cc(/C=C/c3ccccc3)c(OCc3ccccc3)cc2OCc2ccccc2)on1. The monoisotopic (exact) mass is 530 g/mol. The molecule has 0 saturated heterocycles. The third-order valence-electron chi connectivity index (χ3n) is 6.19. The summed E-state index contributed by atoms with van der Waals surface area (Å²) in [4.78, 5) is 12.4. The van der Waals surface area contributed by atoms with Gasteiger partial charge in [0.05, 0.1) is 5.56 Å². The van der Waals surface area contributed by atoms with Crippen LogP contribution in [0.5, 0.6) is 11.5 Å². The van der Waals surface area contributed by atoms with Crippen LogP contribution in [0.1, 0.15) is 39.7 Å². The van der Waals surface area contributed by atoms with Crippen molar-refractivity contribution in [1.29, 1.82) is 0 Å². The average Bonchev–Trinajstić information content (AvgIpc) is 3.50. The normalized spacial score (nSPS) is 10.9. The number of hydrogen-bond donors (Lipinski definition) is 1. The van der Waals surface area contributed by atoms with Crippen LogP contribution in [-0.2, 0) is 13.2 Å². The highest BCUT2D eigenvalue weighted by molar-refractivity contribution is 5.93. The average molecular weight is 531 g/mol. The Bertz CT molecular complexity index is 1560. The predicted molar refractivity (Wildman–Crippen MR) is 157 cm³/mol. The smallest absolute Gasteiger partial charge is 0.273 e. The quantitative estimate of drug-likeness (QED) is 0.180. The van der Waals surface area contributed by atoms with E-state index in [-0.39, 0.29) is 11.6 Å². The van der Waals surface area contributed by atoms with Gasteiger partial charge in [0.15, 0.2) is 11.5 Å². The van der Waals surface area contributed by atoms with Gasteiger partial charge in [-0.3, -0.25) is 4.79 Å². The number of rotatable bonds is 11. The third kappa shape index (κ3) is 6.85. The molecule has 6 heteroatoms. The largest absolute Gasteiger partial charge is 0.488 e. The van der Waals surface area contributed by atoms with E-state index in [4.69, 9.17) is 14.0 Å². The van der Waals surface area contributed by atoms with Crippen LogP contribution in [0.15, 0.2) is 114 Å². The van der Waals surface area contributed by atoms with Crippen molar-refractivity contribution in [1.82, 2.24) is 10.5 Å². The summed E-state index contributed by atoms with van der Waals surface area (Å²) in [5.41, 5.74) is 4.83. The molecule has 4 aromatic carbocycles. The third-order valence-corrected chi connectivity index (χ3v) is 6.19. The Morgan fingerprint density at radius 1 is 0.775 bits per heavy atom. The van der Waals surface area contributed by atoms with E-state index < -0.39 is 0 Å². The molecule has 0 atom stereocenters. The van der Waals surface area contributed by atoms with Crippen LogP contribution in [-0.4, -0.2) is 17.6 Å². The minimum absolute atomic E-state index is 0.205. The summed E-state index contributed by atoms with van der Waals surface area (Å²) in [5.74, 6) is 1.35. The molecule has 40 heavy (non-hydrogen) atoms. The first kappa shape index (κ1) is 26.5. The summed E-state index contributed by atoms with van der Waals surface area (Å²) in [7, 11) is 0. The number of ether oxygens (including phenoxy) is 2. The summed E-state index contributed by atoms with van der Waals surface area (Å²) in [6.07, 6.45) is 4.03. The zero-order chi connectivity index (χ0) is 27.6. The summed E-state index contributed by atoms with van der Waals surface area (Å²) in [6.45, 7) is 3.10. The molecule has 0 unspecified atom stereocenters. The summed E-state index contributed by atoms with van der Waals surface area (Å²) >= 11 is 0. The van der Waals surface area contributed by atoms with Crippen LogP contribution in [0.4, 0.5) is 0 Å². The number of benzene rings is 4. The Morgan fingerprint density at radius 2 is 1.38 bits per heavy atom. The van der Waals surface area contributed by atoms with Crippen molar-refractivity contribution in [3.05, 3.63) is 137 Å². The highest BCUT2D eigenvalue weighted by atomic mass is 16.5. The van der Waals surface area contributed by atoms with Gasteiger partial charge in [-0.25, -0.2) is 0 Å². The molecule has 0 radical (unpaired) electrons. The molecule has 200 valence electrons. The van der Waals surface area contributed by atoms with E-state index in [0.717, 1.165) is 22.3 Å². The van der Waals surface area contributed by atoms with Gasteiger partial charge in [-0.05, 0) is 29.7 Å². The van der Waals surface area contributed by atoms with Crippen molar-refractivity contribution in [3.8, 4) is 22.8 Å². The highest BCUT2D eigenvalue weighted by Gasteiger charge is 2.19. The van der Waals surface area contributed by atoms with Gasteiger partial charge >= 0.3 is 0 Å². The summed E-state index contributed by atoms with van der Waals surface area (Å²) in [6, 6.07) is 35.4. The molecule has 1 amide bonds. The van der Waals surface area contributed by atoms with Crippen LogP contribution >= 0.6 is 0 Å². The second-order valence-corrected chi connectivity index (χ2v) is 9.11. The Hall–Kier alpha value is -5.10. The fourth-order valence-corrected chi connectivity index (χ4v) is 4.13. The minimum atomic E-state index is -0.295. The standard InChI is InChI=1S/C34H30N2O4/c1-2-35-34(37)30-21-33(40-36-30)29-20-28(19-18-25-12-6-3-7-13-25)31(38-23-26-14-8-4-9-15-26)22-32(29)39-24-27-16-10-5-11-17-27/h3-22H,2,23-24H2,1H3,(H,35,37)/b19-18+. The molecule has 0 saturated carbocycles. The fourth-order valence-electron chi connectivity index (χ4n) is 4.13. The molecule has 5 aromatic rings. The van der Waals surface area contributed by atoms with Gasteiger partial charge in [0, 0.05) is 24.2 Å². The molecule has 0 aliphatic carbocycles. The van der Waals surface area contributed by atoms with Crippen molar-refractivity contribution < 1.29 is 18.8 Å². The number of carbonyl (C=O) groups excluding carboxylic acids is 1. The fraction of sp³-hybridized carbons (Fsp3) is 0.118. The number of nitrogens with one attached hydrogen (secondary N) is 1. The molecule has 1 N–H and O–H groups in total. The number of aromatic nitrogens is 1. The minimum Gasteiger partial charge on any atom is -0.488 e. The van der Waals surface area contributed by atoms with Gasteiger partial charge < -0.3 is 19.3 Å². The van der Waals surface area contributed by atoms with E-state index in [1.807, 2.05) is 122 Å². The summed E-state index contributed by atoms with van der Waals surface area (Å²) < 4.78 is 18.3. The molecule has 1 heterocycles. The van der Waals surface area contributed by atoms with Crippen molar-refractivity contribution in [3.63, 3.8) is 0 Å². The maximum Gasteiger partial charge on any atom is 0.273 e. The van der Waals surface area contributed by atoms with Gasteiger partial charge in [-0.2, -0.15) is 0 Å². The molecule has 6 nitrogen and oxygen atoms in total. The van der Waals surface area contributed by atoms with Crippen LogP contribution < -0.4 is 14.8 Å². The Kier molecular flexibility index (Phi) is 8.69. The Balaban J connectivity index is 1.55. The number of hydrogen-bond acceptors (Lipinski definition) is 5. The van der Waals surface area contributed by atoms with E-state index >= 15 is 0 Å². The lowest BCUT2D eigenvalue weighted by molar-refractivity contribution is 0.0947. The molecular formula is C34H30N2O4. The van der Waals surface area contributed by atoms with E-state index in [9.17, 15) is 4.79 Å². The molecule has 5 rings (SSSR count). The lowest BCUT2D eigenvalue weighted by atomic mass is 10.0. The zero-order valence-corrected chi connectivity index (χ0v) is 22.2. The Labute approximate surface area is 233 Å². The molecule has 1 aromatic heterocycles. The van der Waals surface area contributed by atoms with Crippen molar-refractivity contribution in [2.24, 2.45) is 0 Å². The second kappa shape index (κ2) is 13.1. The zero-order valence-electron chi connectivity index (χ0n) is 22.2. The van der Waals surface area contributed by atoms with Crippen molar-refractivity contribution in [2.75, 3.05) is 6.54 Å². The lowest BCUT2D eigenvalue weighted by Crippen LogP contribution is -2.22. The van der Waals surface area contributed by atoms with Gasteiger partial charge in [-0.1, -0.05) is 108 Å². The lowest BCUT2D eigenvalue weighted by Gasteiger charge is -2.16. The van der Waals surface area contributed by atoms with Gasteiger partial charge in [0.1, 0.15) is 24.7 Å². The van der Waals surface area contributed by atoms with Crippen LogP contribution in [0.25, 0.3) is 23.5 Å². The summed E-state index contributed by atoms with van der Waals surface area (Å²) in [5, 5.41) is 6.76. The predicted octanol–water partition coefficient (Wildman–Crippen LogP) is 7.42. The van der Waals surface area contributed by atoms with Crippen LogP contribution in [0.2, 0.25) is 0 Å². The van der Waals surface area contributed by atoms with E-state index in [0.29, 0.717) is 42.6 Å². The van der Waals surface area contributed by atoms with Gasteiger partial charge in [0.2, 0.25) is 0 Å². The van der Waals surface area contributed by atoms with Gasteiger partial charge in [0.25, 0.3) is 5.91 Å². The molecule has 0 aliphatic heterocycles. The first-order valence-electron chi connectivity index (χ1n) is 13.2. The van der Waals surface area contributed by atoms with Crippen LogP contribution in [0, 0.1) is 0 Å². The number of carbonyl (C=O) groups is 1. The molecular weight excluding hydrogens is 500 g/mol.